The predicted octanol–water partition coefficient (Wildman–Crippen LogP) is 1.36. The lowest BCUT2D eigenvalue weighted by atomic mass is 9.97. The molecule has 1 aliphatic heterocycles. The smallest absolute Gasteiger partial charge is 0.333 e. The number of nitrogens with zero attached hydrogens (tertiary/aromatic N) is 1. The minimum Gasteiger partial charge on any atom is -1.00 e. The van der Waals surface area contributed by atoms with Crippen LogP contribution in [0.5, 0.6) is 5.75 Å². The highest BCUT2D eigenvalue weighted by Gasteiger charge is 2.32. The van der Waals surface area contributed by atoms with Crippen LogP contribution in [0.3, 0.4) is 0 Å². The standard InChI is InChI=1S/C20H30NO2.ClH/c1-3-4-13-21-16(2)22-14-18(21)15-23-20-12-8-7-11-19(20)17-9-5-6-10-17;/h7-8,11-12,17-18H,3-6,9-10,13-15H2,1-2H3;1H/q+1;/p-1. The molecule has 1 atom stereocenters. The monoisotopic (exact) mass is 351 g/mol. The van der Waals surface area contributed by atoms with Gasteiger partial charge in [0.25, 0.3) is 0 Å². The van der Waals surface area contributed by atoms with E-state index in [4.69, 9.17) is 9.47 Å². The summed E-state index contributed by atoms with van der Waals surface area (Å²) >= 11 is 0. The van der Waals surface area contributed by atoms with Gasteiger partial charge in [0.15, 0.2) is 13.2 Å². The molecule has 24 heavy (non-hydrogen) atoms. The zero-order valence-corrected chi connectivity index (χ0v) is 15.7. The first-order chi connectivity index (χ1) is 11.3. The largest absolute Gasteiger partial charge is 1.00 e. The zero-order valence-electron chi connectivity index (χ0n) is 15.0. The summed E-state index contributed by atoms with van der Waals surface area (Å²) in [4.78, 5) is 0. The number of rotatable bonds is 7. The van der Waals surface area contributed by atoms with Gasteiger partial charge in [-0.3, -0.25) is 0 Å². The van der Waals surface area contributed by atoms with Gasteiger partial charge in [-0.05, 0) is 30.4 Å². The van der Waals surface area contributed by atoms with Crippen molar-refractivity contribution in [2.75, 3.05) is 19.8 Å². The Morgan fingerprint density at radius 3 is 2.71 bits per heavy atom. The molecule has 1 saturated carbocycles. The highest BCUT2D eigenvalue weighted by atomic mass is 35.5. The summed E-state index contributed by atoms with van der Waals surface area (Å²) in [6, 6.07) is 8.97. The summed E-state index contributed by atoms with van der Waals surface area (Å²) in [5.41, 5.74) is 1.41. The van der Waals surface area contributed by atoms with Crippen LogP contribution in [-0.2, 0) is 4.74 Å². The third kappa shape index (κ3) is 4.44. The Kier molecular flexibility index (Phi) is 7.41. The molecule has 1 fully saturated rings. The molecule has 0 radical (unpaired) electrons. The molecular weight excluding hydrogens is 322 g/mol. The Labute approximate surface area is 152 Å². The molecule has 1 aromatic rings. The number of benzene rings is 1. The molecule has 1 heterocycles. The number of hydrogen-bond acceptors (Lipinski definition) is 2. The van der Waals surface area contributed by atoms with Crippen LogP contribution in [0.25, 0.3) is 0 Å². The van der Waals surface area contributed by atoms with Crippen LogP contribution in [0.4, 0.5) is 0 Å². The Hall–Kier alpha value is -1.22. The molecule has 1 aromatic carbocycles. The second-order valence-corrected chi connectivity index (χ2v) is 6.86. The number of ether oxygens (including phenoxy) is 2. The molecule has 0 aromatic heterocycles. The average molecular weight is 352 g/mol. The van der Waals surface area contributed by atoms with Gasteiger partial charge in [0, 0.05) is 6.42 Å². The van der Waals surface area contributed by atoms with Gasteiger partial charge in [0.1, 0.15) is 12.3 Å². The molecular formula is C20H30ClNO2. The molecule has 0 saturated heterocycles. The van der Waals surface area contributed by atoms with E-state index in [1.54, 1.807) is 0 Å². The first kappa shape index (κ1) is 19.1. The second-order valence-electron chi connectivity index (χ2n) is 6.86. The van der Waals surface area contributed by atoms with Gasteiger partial charge in [-0.1, -0.05) is 44.4 Å². The highest BCUT2D eigenvalue weighted by molar-refractivity contribution is 5.68. The van der Waals surface area contributed by atoms with E-state index in [0.29, 0.717) is 18.6 Å². The van der Waals surface area contributed by atoms with Crippen LogP contribution in [0.2, 0.25) is 0 Å². The SMILES string of the molecule is CCCC[N+]1=C(C)OCC1COc1ccccc1C1CCCC1.[Cl-]. The topological polar surface area (TPSA) is 21.5 Å². The molecule has 1 aliphatic carbocycles. The van der Waals surface area contributed by atoms with Gasteiger partial charge < -0.3 is 21.9 Å². The minimum atomic E-state index is 0. The van der Waals surface area contributed by atoms with Gasteiger partial charge in [0.2, 0.25) is 6.04 Å². The molecule has 0 bridgehead atoms. The molecule has 2 aliphatic rings. The van der Waals surface area contributed by atoms with Crippen LogP contribution in [0.15, 0.2) is 24.3 Å². The molecule has 134 valence electrons. The lowest BCUT2D eigenvalue weighted by Crippen LogP contribution is -3.00. The molecule has 3 rings (SSSR count). The fraction of sp³-hybridized carbons (Fsp3) is 0.650. The van der Waals surface area contributed by atoms with E-state index in [9.17, 15) is 0 Å². The summed E-state index contributed by atoms with van der Waals surface area (Å²) in [5.74, 6) is 2.83. The Morgan fingerprint density at radius 1 is 1.21 bits per heavy atom. The lowest BCUT2D eigenvalue weighted by Gasteiger charge is -2.17. The summed E-state index contributed by atoms with van der Waals surface area (Å²) < 4.78 is 14.4. The van der Waals surface area contributed by atoms with Crippen LogP contribution in [0.1, 0.15) is 63.9 Å². The average Bonchev–Trinajstić information content (AvgIpc) is 3.22. The molecule has 3 nitrogen and oxygen atoms in total. The molecule has 4 heteroatoms. The number of para-hydroxylation sites is 1. The van der Waals surface area contributed by atoms with Crippen molar-refractivity contribution >= 4 is 5.90 Å². The summed E-state index contributed by atoms with van der Waals surface area (Å²) in [5, 5.41) is 0. The Morgan fingerprint density at radius 2 is 1.96 bits per heavy atom. The van der Waals surface area contributed by atoms with Crippen molar-refractivity contribution < 1.29 is 26.5 Å². The number of unbranched alkanes of at least 4 members (excludes halogenated alkanes) is 1. The molecule has 0 N–H and O–H groups in total. The molecule has 1 unspecified atom stereocenters. The highest BCUT2D eigenvalue weighted by Crippen LogP contribution is 2.38. The third-order valence-electron chi connectivity index (χ3n) is 5.23. The maximum atomic E-state index is 6.26. The van der Waals surface area contributed by atoms with Crippen molar-refractivity contribution in [3.05, 3.63) is 29.8 Å². The van der Waals surface area contributed by atoms with Crippen LogP contribution < -0.4 is 17.1 Å². The first-order valence-corrected chi connectivity index (χ1v) is 9.24. The van der Waals surface area contributed by atoms with Crippen LogP contribution >= 0.6 is 0 Å². The van der Waals surface area contributed by atoms with E-state index in [1.807, 2.05) is 0 Å². The van der Waals surface area contributed by atoms with Gasteiger partial charge in [-0.25, -0.2) is 0 Å². The predicted molar refractivity (Wildman–Crippen MR) is 93.6 cm³/mol. The van der Waals surface area contributed by atoms with Crippen molar-refractivity contribution in [3.63, 3.8) is 0 Å². The maximum absolute atomic E-state index is 6.26. The fourth-order valence-electron chi connectivity index (χ4n) is 3.83. The minimum absolute atomic E-state index is 0. The Balaban J connectivity index is 0.00000208. The summed E-state index contributed by atoms with van der Waals surface area (Å²) in [6.45, 7) is 6.84. The zero-order chi connectivity index (χ0) is 16.1. The maximum Gasteiger partial charge on any atom is 0.333 e. The number of hydrogen-bond donors (Lipinski definition) is 0. The van der Waals surface area contributed by atoms with Crippen molar-refractivity contribution in [1.82, 2.24) is 0 Å². The quantitative estimate of drug-likeness (QED) is 0.692. The van der Waals surface area contributed by atoms with E-state index in [-0.39, 0.29) is 12.4 Å². The summed E-state index contributed by atoms with van der Waals surface area (Å²) in [6.07, 6.45) is 7.74. The van der Waals surface area contributed by atoms with Crippen molar-refractivity contribution in [2.24, 2.45) is 0 Å². The fourth-order valence-corrected chi connectivity index (χ4v) is 3.83. The molecule has 0 spiro atoms. The van der Waals surface area contributed by atoms with Crippen LogP contribution in [-0.4, -0.2) is 36.3 Å². The van der Waals surface area contributed by atoms with E-state index >= 15 is 0 Å². The van der Waals surface area contributed by atoms with Gasteiger partial charge in [-0.15, -0.1) is 0 Å². The second kappa shape index (κ2) is 9.31. The number of halogens is 1. The third-order valence-corrected chi connectivity index (χ3v) is 5.23. The van der Waals surface area contributed by atoms with E-state index in [2.05, 4.69) is 42.7 Å². The van der Waals surface area contributed by atoms with Gasteiger partial charge >= 0.3 is 5.90 Å². The lowest BCUT2D eigenvalue weighted by molar-refractivity contribution is -0.558. The van der Waals surface area contributed by atoms with Gasteiger partial charge in [-0.2, -0.15) is 4.58 Å². The van der Waals surface area contributed by atoms with Crippen molar-refractivity contribution in [2.45, 2.75) is 64.3 Å². The Bertz CT molecular complexity index is 552. The molecule has 0 amide bonds. The van der Waals surface area contributed by atoms with Gasteiger partial charge in [0.05, 0.1) is 6.92 Å². The first-order valence-electron chi connectivity index (χ1n) is 9.24. The van der Waals surface area contributed by atoms with Crippen LogP contribution in [0, 0.1) is 0 Å². The van der Waals surface area contributed by atoms with E-state index < -0.39 is 0 Å². The van der Waals surface area contributed by atoms with Crippen molar-refractivity contribution in [1.29, 1.82) is 0 Å². The summed E-state index contributed by atoms with van der Waals surface area (Å²) in [7, 11) is 0. The van der Waals surface area contributed by atoms with Crippen molar-refractivity contribution in [3.8, 4) is 5.75 Å². The normalized spacial score (nSPS) is 20.8. The van der Waals surface area contributed by atoms with E-state index in [1.165, 1.54) is 44.1 Å². The van der Waals surface area contributed by atoms with E-state index in [0.717, 1.165) is 24.8 Å².